The first-order valence-electron chi connectivity index (χ1n) is 6.18. The first-order chi connectivity index (χ1) is 9.65. The summed E-state index contributed by atoms with van der Waals surface area (Å²) >= 11 is 6.16. The molecular weight excluding hydrogens is 276 g/mol. The zero-order chi connectivity index (χ0) is 14.1. The molecule has 0 aliphatic carbocycles. The van der Waals surface area contributed by atoms with Crippen molar-refractivity contribution in [2.75, 3.05) is 0 Å². The average Bonchev–Trinajstić information content (AvgIpc) is 2.82. The second-order valence-corrected chi connectivity index (χ2v) is 4.85. The highest BCUT2D eigenvalue weighted by molar-refractivity contribution is 6.33. The normalized spacial score (nSPS) is 13.8. The molecule has 0 saturated carbocycles. The second kappa shape index (κ2) is 5.11. The smallest absolute Gasteiger partial charge is 0.249 e. The van der Waals surface area contributed by atoms with Crippen LogP contribution in [-0.2, 0) is 0 Å². The van der Waals surface area contributed by atoms with E-state index in [1.807, 2.05) is 30.3 Å². The molecule has 0 fully saturated rings. The van der Waals surface area contributed by atoms with Gasteiger partial charge in [0, 0.05) is 6.20 Å². The lowest BCUT2D eigenvalue weighted by Crippen LogP contribution is -2.16. The van der Waals surface area contributed by atoms with Crippen LogP contribution in [0.25, 0.3) is 5.52 Å². The maximum absolute atomic E-state index is 6.16. The monoisotopic (exact) mass is 288 g/mol. The fourth-order valence-electron chi connectivity index (χ4n) is 1.84. The molecule has 2 aromatic heterocycles. The molecule has 5 nitrogen and oxygen atoms in total. The fourth-order valence-corrected chi connectivity index (χ4v) is 2.06. The van der Waals surface area contributed by atoms with Gasteiger partial charge in [-0.2, -0.15) is 0 Å². The molecule has 0 bridgehead atoms. The Morgan fingerprint density at radius 2 is 2.05 bits per heavy atom. The number of nitrogens with two attached hydrogens (primary N) is 1. The van der Waals surface area contributed by atoms with Crippen LogP contribution in [0.1, 0.15) is 18.9 Å². The first kappa shape index (κ1) is 12.9. The quantitative estimate of drug-likeness (QED) is 0.788. The Hall–Kier alpha value is -2.11. The summed E-state index contributed by atoms with van der Waals surface area (Å²) in [7, 11) is 0. The summed E-state index contributed by atoms with van der Waals surface area (Å²) in [6.45, 7) is 1.80. The van der Waals surface area contributed by atoms with Crippen molar-refractivity contribution in [2.45, 2.75) is 13.0 Å². The predicted octanol–water partition coefficient (Wildman–Crippen LogP) is 2.83. The molecule has 0 amide bonds. The van der Waals surface area contributed by atoms with Crippen molar-refractivity contribution < 1.29 is 4.42 Å². The standard InChI is InChI=1S/C14H13ClN4O/c1-9(16)13-18-19-8-7-11(15)12(19)14(20-13)17-10-5-3-2-4-6-10/h2-9H,16H2,1H3. The van der Waals surface area contributed by atoms with E-state index in [0.717, 1.165) is 5.69 Å². The van der Waals surface area contributed by atoms with E-state index in [2.05, 4.69) is 10.1 Å². The van der Waals surface area contributed by atoms with Gasteiger partial charge in [-0.15, -0.1) is 5.10 Å². The summed E-state index contributed by atoms with van der Waals surface area (Å²) in [6.07, 6.45) is 1.75. The summed E-state index contributed by atoms with van der Waals surface area (Å²) in [4.78, 5) is 4.48. The molecule has 2 heterocycles. The average molecular weight is 289 g/mol. The minimum Gasteiger partial charge on any atom is -0.419 e. The van der Waals surface area contributed by atoms with E-state index in [1.54, 1.807) is 23.7 Å². The lowest BCUT2D eigenvalue weighted by atomic mass is 10.3. The van der Waals surface area contributed by atoms with Gasteiger partial charge in [-0.05, 0) is 25.1 Å². The van der Waals surface area contributed by atoms with Gasteiger partial charge in [0.25, 0.3) is 0 Å². The Morgan fingerprint density at radius 3 is 2.75 bits per heavy atom. The number of fused-ring (bicyclic) bond motifs is 1. The summed E-state index contributed by atoms with van der Waals surface area (Å²) < 4.78 is 7.32. The van der Waals surface area contributed by atoms with Crippen molar-refractivity contribution in [3.63, 3.8) is 0 Å². The van der Waals surface area contributed by atoms with Crippen molar-refractivity contribution in [2.24, 2.45) is 10.7 Å². The zero-order valence-corrected chi connectivity index (χ0v) is 11.6. The summed E-state index contributed by atoms with van der Waals surface area (Å²) in [6, 6.07) is 10.9. The third-order valence-corrected chi connectivity index (χ3v) is 3.11. The largest absolute Gasteiger partial charge is 0.419 e. The van der Waals surface area contributed by atoms with E-state index in [9.17, 15) is 0 Å². The number of hydrogen-bond donors (Lipinski definition) is 1. The molecule has 0 radical (unpaired) electrons. The maximum Gasteiger partial charge on any atom is 0.249 e. The van der Waals surface area contributed by atoms with Crippen molar-refractivity contribution >= 4 is 22.8 Å². The lowest BCUT2D eigenvalue weighted by Gasteiger charge is -2.04. The molecule has 102 valence electrons. The lowest BCUT2D eigenvalue weighted by molar-refractivity contribution is 0.389. The molecule has 0 aliphatic rings. The minimum absolute atomic E-state index is 0.328. The predicted molar refractivity (Wildman–Crippen MR) is 76.7 cm³/mol. The van der Waals surface area contributed by atoms with Gasteiger partial charge in [-0.1, -0.05) is 29.8 Å². The van der Waals surface area contributed by atoms with Crippen LogP contribution in [-0.4, -0.2) is 9.61 Å². The Bertz CT molecular complexity index is 805. The molecule has 3 aromatic rings. The van der Waals surface area contributed by atoms with Gasteiger partial charge in [0.2, 0.25) is 11.4 Å². The van der Waals surface area contributed by atoms with Crippen LogP contribution in [0.3, 0.4) is 0 Å². The highest BCUT2D eigenvalue weighted by atomic mass is 35.5. The van der Waals surface area contributed by atoms with Crippen LogP contribution in [0.15, 0.2) is 52.0 Å². The van der Waals surface area contributed by atoms with E-state index in [0.29, 0.717) is 22.0 Å². The van der Waals surface area contributed by atoms with Gasteiger partial charge in [0.15, 0.2) is 0 Å². The second-order valence-electron chi connectivity index (χ2n) is 4.44. The number of halogens is 1. The maximum atomic E-state index is 6.16. The van der Waals surface area contributed by atoms with Crippen LogP contribution in [0.4, 0.5) is 5.69 Å². The van der Waals surface area contributed by atoms with Crippen LogP contribution in [0.2, 0.25) is 5.02 Å². The van der Waals surface area contributed by atoms with Crippen molar-refractivity contribution in [3.05, 3.63) is 59.1 Å². The Kier molecular flexibility index (Phi) is 3.30. The van der Waals surface area contributed by atoms with Gasteiger partial charge in [0.1, 0.15) is 5.52 Å². The summed E-state index contributed by atoms with van der Waals surface area (Å²) in [5.41, 5.74) is 7.63. The molecule has 1 atom stereocenters. The Balaban J connectivity index is 2.32. The van der Waals surface area contributed by atoms with Crippen molar-refractivity contribution in [1.29, 1.82) is 0 Å². The highest BCUT2D eigenvalue weighted by Gasteiger charge is 2.11. The molecule has 2 N–H and O–H groups in total. The van der Waals surface area contributed by atoms with E-state index >= 15 is 0 Å². The van der Waals surface area contributed by atoms with E-state index in [4.69, 9.17) is 21.8 Å². The molecule has 20 heavy (non-hydrogen) atoms. The van der Waals surface area contributed by atoms with Crippen LogP contribution < -0.4 is 11.3 Å². The van der Waals surface area contributed by atoms with Gasteiger partial charge in [-0.25, -0.2) is 9.51 Å². The summed E-state index contributed by atoms with van der Waals surface area (Å²) in [5.74, 6) is 0.402. The molecular formula is C14H13ClN4O. The van der Waals surface area contributed by atoms with Gasteiger partial charge in [0.05, 0.1) is 16.8 Å². The van der Waals surface area contributed by atoms with Crippen LogP contribution in [0, 0.1) is 0 Å². The van der Waals surface area contributed by atoms with E-state index in [1.165, 1.54) is 0 Å². The molecule has 3 rings (SSSR count). The molecule has 0 spiro atoms. The van der Waals surface area contributed by atoms with Crippen LogP contribution in [0.5, 0.6) is 0 Å². The number of aromatic nitrogens is 2. The fraction of sp³-hybridized carbons (Fsp3) is 0.143. The van der Waals surface area contributed by atoms with Gasteiger partial charge in [-0.3, -0.25) is 0 Å². The zero-order valence-electron chi connectivity index (χ0n) is 10.8. The van der Waals surface area contributed by atoms with E-state index in [-0.39, 0.29) is 6.04 Å². The first-order valence-corrected chi connectivity index (χ1v) is 6.56. The van der Waals surface area contributed by atoms with Crippen LogP contribution >= 0.6 is 11.6 Å². The highest BCUT2D eigenvalue weighted by Crippen LogP contribution is 2.17. The van der Waals surface area contributed by atoms with Gasteiger partial charge < -0.3 is 10.2 Å². The third kappa shape index (κ3) is 2.33. The molecule has 0 saturated heterocycles. The number of rotatable bonds is 2. The van der Waals surface area contributed by atoms with Crippen molar-refractivity contribution in [1.82, 2.24) is 9.61 Å². The number of hydrogen-bond acceptors (Lipinski definition) is 4. The molecule has 6 heteroatoms. The molecule has 1 aromatic carbocycles. The summed E-state index contributed by atoms with van der Waals surface area (Å²) in [5, 5.41) is 4.81. The van der Waals surface area contributed by atoms with Crippen molar-refractivity contribution in [3.8, 4) is 0 Å². The number of nitrogens with zero attached hydrogens (tertiary/aromatic N) is 3. The Labute approximate surface area is 120 Å². The molecule has 0 aliphatic heterocycles. The minimum atomic E-state index is -0.328. The topological polar surface area (TPSA) is 68.8 Å². The van der Waals surface area contributed by atoms with Gasteiger partial charge >= 0.3 is 0 Å². The van der Waals surface area contributed by atoms with E-state index < -0.39 is 0 Å². The third-order valence-electron chi connectivity index (χ3n) is 2.80. The molecule has 1 unspecified atom stereocenters. The number of para-hydroxylation sites is 1. The number of benzene rings is 1. The Morgan fingerprint density at radius 1 is 1.30 bits per heavy atom. The SMILES string of the molecule is CC(N)c1nn2ccc(Cl)c2c(=Nc2ccccc2)o1.